The van der Waals surface area contributed by atoms with E-state index in [1.165, 1.54) is 16.7 Å². The molecule has 1 aliphatic carbocycles. The molecule has 2 aromatic rings. The van der Waals surface area contributed by atoms with Crippen molar-refractivity contribution in [3.63, 3.8) is 0 Å². The lowest BCUT2D eigenvalue weighted by Gasteiger charge is -2.38. The van der Waals surface area contributed by atoms with Crippen molar-refractivity contribution < 1.29 is 0 Å². The number of hydrogen-bond donors (Lipinski definition) is 0. The number of nitriles is 1. The van der Waals surface area contributed by atoms with Crippen LogP contribution in [0.15, 0.2) is 54.6 Å². The van der Waals surface area contributed by atoms with Crippen molar-refractivity contribution in [1.82, 2.24) is 0 Å². The van der Waals surface area contributed by atoms with Gasteiger partial charge in [0.25, 0.3) is 0 Å². The zero-order valence-corrected chi connectivity index (χ0v) is 9.56. The molecule has 0 spiro atoms. The second-order valence-corrected chi connectivity index (χ2v) is 4.69. The maximum Gasteiger partial charge on any atom is 0.0905 e. The quantitative estimate of drug-likeness (QED) is 0.760. The summed E-state index contributed by atoms with van der Waals surface area (Å²) in [7, 11) is 0. The van der Waals surface area contributed by atoms with E-state index in [2.05, 4.69) is 30.3 Å². The monoisotopic (exact) mass is 219 g/mol. The molecule has 0 heterocycles. The van der Waals surface area contributed by atoms with Gasteiger partial charge in [0.15, 0.2) is 0 Å². The Hall–Kier alpha value is -2.07. The molecule has 1 heteroatoms. The number of hydrogen-bond acceptors (Lipinski definition) is 1. The zero-order valence-electron chi connectivity index (χ0n) is 9.56. The van der Waals surface area contributed by atoms with Gasteiger partial charge in [-0.15, -0.1) is 0 Å². The fourth-order valence-corrected chi connectivity index (χ4v) is 2.70. The smallest absolute Gasteiger partial charge is 0.0905 e. The minimum absolute atomic E-state index is 0.294. The normalized spacial score (nSPS) is 21.1. The fraction of sp³-hybridized carbons (Fsp3) is 0.188. The number of nitrogens with zero attached hydrogens (tertiary/aromatic N) is 1. The van der Waals surface area contributed by atoms with Gasteiger partial charge < -0.3 is 0 Å². The Kier molecular flexibility index (Phi) is 2.23. The molecule has 0 amide bonds. The van der Waals surface area contributed by atoms with Gasteiger partial charge >= 0.3 is 0 Å². The molecule has 1 atom stereocenters. The average molecular weight is 219 g/mol. The van der Waals surface area contributed by atoms with Crippen molar-refractivity contribution in [2.24, 2.45) is 0 Å². The Morgan fingerprint density at radius 1 is 1.00 bits per heavy atom. The third-order valence-corrected chi connectivity index (χ3v) is 3.59. The Morgan fingerprint density at radius 2 is 1.71 bits per heavy atom. The van der Waals surface area contributed by atoms with Gasteiger partial charge in [0.2, 0.25) is 0 Å². The summed E-state index contributed by atoms with van der Waals surface area (Å²) in [5.41, 5.74) is 3.48. The van der Waals surface area contributed by atoms with Crippen LogP contribution in [0.1, 0.15) is 16.7 Å². The molecule has 1 nitrogen and oxygen atoms in total. The second-order valence-electron chi connectivity index (χ2n) is 4.69. The van der Waals surface area contributed by atoms with E-state index in [0.717, 1.165) is 12.8 Å². The molecule has 17 heavy (non-hydrogen) atoms. The van der Waals surface area contributed by atoms with Gasteiger partial charge in [-0.05, 0) is 29.5 Å². The summed E-state index contributed by atoms with van der Waals surface area (Å²) in [6.07, 6.45) is 1.70. The molecule has 0 N–H and O–H groups in total. The average Bonchev–Trinajstić information content (AvgIpc) is 2.37. The molecule has 0 unspecified atom stereocenters. The minimum atomic E-state index is -0.294. The van der Waals surface area contributed by atoms with E-state index >= 15 is 0 Å². The first-order valence-electron chi connectivity index (χ1n) is 5.88. The molecular weight excluding hydrogens is 206 g/mol. The van der Waals surface area contributed by atoms with Crippen LogP contribution in [0.2, 0.25) is 0 Å². The van der Waals surface area contributed by atoms with Gasteiger partial charge in [-0.3, -0.25) is 0 Å². The Balaban J connectivity index is 1.96. The first-order chi connectivity index (χ1) is 8.34. The van der Waals surface area contributed by atoms with Crippen LogP contribution in [0.5, 0.6) is 0 Å². The number of benzene rings is 2. The molecule has 0 fully saturated rings. The van der Waals surface area contributed by atoms with Gasteiger partial charge in [0, 0.05) is 0 Å². The van der Waals surface area contributed by atoms with Gasteiger partial charge in [0.05, 0.1) is 11.5 Å². The third kappa shape index (κ3) is 1.54. The molecule has 0 bridgehead atoms. The predicted octanol–water partition coefficient (Wildman–Crippen LogP) is 3.25. The first kappa shape index (κ1) is 10.1. The molecule has 82 valence electrons. The maximum absolute atomic E-state index is 9.49. The molecule has 0 saturated carbocycles. The van der Waals surface area contributed by atoms with Crippen molar-refractivity contribution in [3.05, 3.63) is 71.3 Å². The number of rotatable bonds is 2. The van der Waals surface area contributed by atoms with Crippen LogP contribution in [0.25, 0.3) is 0 Å². The van der Waals surface area contributed by atoms with Crippen molar-refractivity contribution >= 4 is 0 Å². The molecule has 0 saturated heterocycles. The van der Waals surface area contributed by atoms with E-state index < -0.39 is 0 Å². The van der Waals surface area contributed by atoms with Crippen molar-refractivity contribution in [2.75, 3.05) is 0 Å². The topological polar surface area (TPSA) is 23.8 Å². The SMILES string of the molecule is N#C[C@]1(Cc2ccccc2)Cc2ccccc21. The maximum atomic E-state index is 9.49. The highest BCUT2D eigenvalue weighted by molar-refractivity contribution is 5.51. The van der Waals surface area contributed by atoms with Gasteiger partial charge in [-0.2, -0.15) is 5.26 Å². The van der Waals surface area contributed by atoms with Crippen LogP contribution in [-0.4, -0.2) is 0 Å². The van der Waals surface area contributed by atoms with Gasteiger partial charge in [-0.1, -0.05) is 54.6 Å². The van der Waals surface area contributed by atoms with Crippen molar-refractivity contribution in [3.8, 4) is 6.07 Å². The van der Waals surface area contributed by atoms with E-state index in [0.29, 0.717) is 0 Å². The Morgan fingerprint density at radius 3 is 2.41 bits per heavy atom. The van der Waals surface area contributed by atoms with Crippen LogP contribution in [-0.2, 0) is 18.3 Å². The molecule has 0 aliphatic heterocycles. The second kappa shape index (κ2) is 3.75. The minimum Gasteiger partial charge on any atom is -0.197 e. The van der Waals surface area contributed by atoms with Crippen LogP contribution in [0.3, 0.4) is 0 Å². The third-order valence-electron chi connectivity index (χ3n) is 3.59. The van der Waals surface area contributed by atoms with E-state index in [1.807, 2.05) is 30.3 Å². The predicted molar refractivity (Wildman–Crippen MR) is 67.6 cm³/mol. The van der Waals surface area contributed by atoms with E-state index in [-0.39, 0.29) is 5.41 Å². The summed E-state index contributed by atoms with van der Waals surface area (Å²) >= 11 is 0. The molecule has 1 aliphatic rings. The Bertz CT molecular complexity index is 580. The highest BCUT2D eigenvalue weighted by Crippen LogP contribution is 2.42. The van der Waals surface area contributed by atoms with E-state index in [4.69, 9.17) is 0 Å². The molecule has 0 radical (unpaired) electrons. The summed E-state index contributed by atoms with van der Waals surface area (Å²) in [5, 5.41) is 9.49. The summed E-state index contributed by atoms with van der Waals surface area (Å²) < 4.78 is 0. The lowest BCUT2D eigenvalue weighted by Crippen LogP contribution is -2.39. The van der Waals surface area contributed by atoms with E-state index in [1.54, 1.807) is 0 Å². The summed E-state index contributed by atoms with van der Waals surface area (Å²) in [4.78, 5) is 0. The molecule has 0 aromatic heterocycles. The van der Waals surface area contributed by atoms with Crippen LogP contribution in [0.4, 0.5) is 0 Å². The molecule has 2 aromatic carbocycles. The van der Waals surface area contributed by atoms with Gasteiger partial charge in [-0.25, -0.2) is 0 Å². The van der Waals surface area contributed by atoms with Crippen LogP contribution in [0, 0.1) is 11.3 Å². The van der Waals surface area contributed by atoms with Crippen molar-refractivity contribution in [1.29, 1.82) is 5.26 Å². The first-order valence-corrected chi connectivity index (χ1v) is 5.88. The highest BCUT2D eigenvalue weighted by atomic mass is 14.5. The van der Waals surface area contributed by atoms with E-state index in [9.17, 15) is 5.26 Å². The largest absolute Gasteiger partial charge is 0.197 e. The standard InChI is InChI=1S/C16H13N/c17-12-16(10-13-6-2-1-3-7-13)11-14-8-4-5-9-15(14)16/h1-9H,10-11H2/t16-/m0/s1. The summed E-state index contributed by atoms with van der Waals surface area (Å²) in [6, 6.07) is 21.1. The van der Waals surface area contributed by atoms with Crippen LogP contribution >= 0.6 is 0 Å². The number of fused-ring (bicyclic) bond motifs is 1. The summed E-state index contributed by atoms with van der Waals surface area (Å²) in [5.74, 6) is 0. The Labute approximate surface area is 101 Å². The lowest BCUT2D eigenvalue weighted by atomic mass is 9.62. The lowest BCUT2D eigenvalue weighted by molar-refractivity contribution is 0.476. The molecular formula is C16H13N. The molecule has 3 rings (SSSR count). The van der Waals surface area contributed by atoms with Gasteiger partial charge in [0.1, 0.15) is 0 Å². The highest BCUT2D eigenvalue weighted by Gasteiger charge is 2.42. The fourth-order valence-electron chi connectivity index (χ4n) is 2.70. The van der Waals surface area contributed by atoms with Crippen molar-refractivity contribution in [2.45, 2.75) is 18.3 Å². The zero-order chi connectivity index (χ0) is 11.7. The summed E-state index contributed by atoms with van der Waals surface area (Å²) in [6.45, 7) is 0. The van der Waals surface area contributed by atoms with Crippen LogP contribution < -0.4 is 0 Å².